The lowest BCUT2D eigenvalue weighted by Crippen LogP contribution is -2.31. The third-order valence-electron chi connectivity index (χ3n) is 6.85. The third kappa shape index (κ3) is 6.07. The van der Waals surface area contributed by atoms with Crippen molar-refractivity contribution in [2.45, 2.75) is 51.2 Å². The Morgan fingerprint density at radius 1 is 1.18 bits per heavy atom. The summed E-state index contributed by atoms with van der Waals surface area (Å²) in [7, 11) is 0. The number of carbonyl (C=O) groups is 1. The predicted molar refractivity (Wildman–Crippen MR) is 149 cm³/mol. The van der Waals surface area contributed by atoms with Crippen molar-refractivity contribution in [1.82, 2.24) is 14.8 Å². The van der Waals surface area contributed by atoms with E-state index in [1.807, 2.05) is 53.2 Å². The van der Waals surface area contributed by atoms with Gasteiger partial charge in [-0.15, -0.1) is 0 Å². The molecule has 2 N–H and O–H groups in total. The van der Waals surface area contributed by atoms with E-state index < -0.39 is 18.2 Å². The van der Waals surface area contributed by atoms with Gasteiger partial charge < -0.3 is 15.2 Å². The van der Waals surface area contributed by atoms with Crippen LogP contribution >= 0.6 is 0 Å². The van der Waals surface area contributed by atoms with E-state index in [1.54, 1.807) is 24.4 Å². The highest BCUT2D eigenvalue weighted by Gasteiger charge is 2.27. The molecular weight excluding hydrogens is 495 g/mol. The van der Waals surface area contributed by atoms with E-state index in [4.69, 9.17) is 9.84 Å². The van der Waals surface area contributed by atoms with Crippen molar-refractivity contribution in [1.29, 1.82) is 0 Å². The predicted octanol–water partition coefficient (Wildman–Crippen LogP) is 6.41. The van der Waals surface area contributed by atoms with Crippen LogP contribution in [0.2, 0.25) is 0 Å². The van der Waals surface area contributed by atoms with Crippen molar-refractivity contribution in [2.24, 2.45) is 0 Å². The number of halogens is 1. The maximum atomic E-state index is 13.9. The van der Waals surface area contributed by atoms with Gasteiger partial charge >= 0.3 is 5.97 Å². The third-order valence-corrected chi connectivity index (χ3v) is 6.85. The highest BCUT2D eigenvalue weighted by Crippen LogP contribution is 2.35. The number of rotatable bonds is 8. The Hall–Kier alpha value is -4.30. The number of hydrogen-bond acceptors (Lipinski definition) is 6. The van der Waals surface area contributed by atoms with Gasteiger partial charge in [0.25, 0.3) is 0 Å². The average molecular weight is 527 g/mol. The van der Waals surface area contributed by atoms with E-state index in [2.05, 4.69) is 24.1 Å². The Labute approximate surface area is 227 Å². The number of ether oxygens (including phenoxy) is 1. The zero-order valence-electron chi connectivity index (χ0n) is 21.9. The normalized spacial score (nSPS) is 18.2. The van der Waals surface area contributed by atoms with Gasteiger partial charge in [-0.2, -0.15) is 5.10 Å². The molecule has 5 rings (SSSR count). The van der Waals surface area contributed by atoms with Crippen LogP contribution in [-0.4, -0.2) is 38.0 Å². The smallest absolute Gasteiger partial charge is 0.309 e. The number of esters is 1. The lowest BCUT2D eigenvalue weighted by Gasteiger charge is -2.23. The average Bonchev–Trinajstić information content (AvgIpc) is 3.31. The fourth-order valence-corrected chi connectivity index (χ4v) is 4.66. The molecule has 2 aromatic carbocycles. The molecule has 0 radical (unpaired) electrons. The quantitative estimate of drug-likeness (QED) is 0.258. The summed E-state index contributed by atoms with van der Waals surface area (Å²) in [5.74, 6) is 0.0264. The lowest BCUT2D eigenvalue weighted by atomic mass is 9.96. The van der Waals surface area contributed by atoms with Crippen LogP contribution in [0.3, 0.4) is 0 Å². The highest BCUT2D eigenvalue weighted by atomic mass is 19.1. The molecule has 1 aliphatic rings. The SMILES string of the molecule is CCC(C)c1nn(-c2ccnc(Nc3ccccc3)c2)c(-c2ccc(F)cc2)c1C=C[C@@H]1CC(O)CC(=O)O1. The minimum absolute atomic E-state index is 0.00259. The summed E-state index contributed by atoms with van der Waals surface area (Å²) >= 11 is 0. The lowest BCUT2D eigenvalue weighted by molar-refractivity contribution is -0.156. The van der Waals surface area contributed by atoms with E-state index >= 15 is 0 Å². The molecule has 200 valence electrons. The van der Waals surface area contributed by atoms with Gasteiger partial charge in [0.15, 0.2) is 0 Å². The summed E-state index contributed by atoms with van der Waals surface area (Å²) in [5.41, 5.74) is 4.97. The van der Waals surface area contributed by atoms with Crippen molar-refractivity contribution in [3.63, 3.8) is 0 Å². The summed E-state index contributed by atoms with van der Waals surface area (Å²) < 4.78 is 21.2. The first-order valence-electron chi connectivity index (χ1n) is 13.1. The number of pyridine rings is 1. The van der Waals surface area contributed by atoms with E-state index in [1.165, 1.54) is 12.1 Å². The number of hydrogen-bond donors (Lipinski definition) is 2. The zero-order chi connectivity index (χ0) is 27.4. The van der Waals surface area contributed by atoms with E-state index in [-0.39, 0.29) is 18.2 Å². The fourth-order valence-electron chi connectivity index (χ4n) is 4.66. The molecule has 0 bridgehead atoms. The number of nitrogens with zero attached hydrogens (tertiary/aromatic N) is 3. The summed E-state index contributed by atoms with van der Waals surface area (Å²) in [6.07, 6.45) is 5.34. The first-order chi connectivity index (χ1) is 18.9. The second-order valence-electron chi connectivity index (χ2n) is 9.75. The van der Waals surface area contributed by atoms with Crippen molar-refractivity contribution in [3.05, 3.63) is 96.1 Å². The van der Waals surface area contributed by atoms with Gasteiger partial charge in [0.05, 0.1) is 29.6 Å². The summed E-state index contributed by atoms with van der Waals surface area (Å²) in [6.45, 7) is 4.21. The largest absolute Gasteiger partial charge is 0.458 e. The topological polar surface area (TPSA) is 89.3 Å². The van der Waals surface area contributed by atoms with Crippen molar-refractivity contribution in [2.75, 3.05) is 5.32 Å². The first-order valence-corrected chi connectivity index (χ1v) is 13.1. The summed E-state index contributed by atoms with van der Waals surface area (Å²) in [6, 6.07) is 19.9. The number of nitrogens with one attached hydrogen (secondary N) is 1. The van der Waals surface area contributed by atoms with Crippen LogP contribution in [0.4, 0.5) is 15.9 Å². The maximum Gasteiger partial charge on any atom is 0.309 e. The Morgan fingerprint density at radius 2 is 1.95 bits per heavy atom. The van der Waals surface area contributed by atoms with Gasteiger partial charge in [0.2, 0.25) is 0 Å². The first kappa shape index (κ1) is 26.3. The number of aliphatic hydroxyl groups is 1. The number of anilines is 2. The summed E-state index contributed by atoms with van der Waals surface area (Å²) in [5, 5.41) is 18.4. The van der Waals surface area contributed by atoms with Gasteiger partial charge in [-0.3, -0.25) is 4.79 Å². The second kappa shape index (κ2) is 11.6. The summed E-state index contributed by atoms with van der Waals surface area (Å²) in [4.78, 5) is 16.4. The molecule has 7 nitrogen and oxygen atoms in total. The van der Waals surface area contributed by atoms with Crippen LogP contribution in [0, 0.1) is 5.82 Å². The van der Waals surface area contributed by atoms with Crippen LogP contribution < -0.4 is 5.32 Å². The molecule has 1 aliphatic heterocycles. The molecule has 0 saturated carbocycles. The monoisotopic (exact) mass is 526 g/mol. The number of aliphatic hydroxyl groups excluding tert-OH is 1. The van der Waals surface area contributed by atoms with Crippen LogP contribution in [-0.2, 0) is 9.53 Å². The van der Waals surface area contributed by atoms with Gasteiger partial charge in [0.1, 0.15) is 17.7 Å². The van der Waals surface area contributed by atoms with Crippen LogP contribution in [0.5, 0.6) is 0 Å². The Bertz CT molecular complexity index is 1470. The molecule has 1 saturated heterocycles. The number of para-hydroxylation sites is 1. The van der Waals surface area contributed by atoms with Gasteiger partial charge in [-0.25, -0.2) is 14.1 Å². The maximum absolute atomic E-state index is 13.9. The standard InChI is InChI=1S/C31H31FN4O3/c1-3-20(2)30-27(14-13-26-18-25(37)19-29(38)39-26)31(21-9-11-22(32)12-10-21)36(35-30)24-15-16-33-28(17-24)34-23-7-5-4-6-8-23/h4-17,20,25-26,37H,3,18-19H2,1-2H3,(H,33,34)/t20?,25?,26-/m1/s1. The molecule has 0 amide bonds. The highest BCUT2D eigenvalue weighted by molar-refractivity contribution is 5.77. The molecule has 0 spiro atoms. The Morgan fingerprint density at radius 3 is 2.67 bits per heavy atom. The van der Waals surface area contributed by atoms with Crippen molar-refractivity contribution in [3.8, 4) is 16.9 Å². The number of carbonyl (C=O) groups excluding carboxylic acids is 1. The Kier molecular flexibility index (Phi) is 7.84. The van der Waals surface area contributed by atoms with Gasteiger partial charge in [-0.05, 0) is 55.0 Å². The van der Waals surface area contributed by atoms with E-state index in [0.717, 1.165) is 40.3 Å². The molecule has 4 aromatic rings. The van der Waals surface area contributed by atoms with Crippen molar-refractivity contribution >= 4 is 23.6 Å². The van der Waals surface area contributed by atoms with Gasteiger partial charge in [0, 0.05) is 41.4 Å². The van der Waals surface area contributed by atoms with E-state index in [0.29, 0.717) is 12.2 Å². The number of aromatic nitrogens is 3. The molecule has 8 heteroatoms. The van der Waals surface area contributed by atoms with Crippen LogP contribution in [0.15, 0.2) is 79.0 Å². The molecular formula is C31H31FN4O3. The second-order valence-corrected chi connectivity index (χ2v) is 9.75. The molecule has 1 fully saturated rings. The van der Waals surface area contributed by atoms with Gasteiger partial charge in [-0.1, -0.05) is 38.1 Å². The van der Waals surface area contributed by atoms with Crippen LogP contribution in [0.25, 0.3) is 23.0 Å². The molecule has 2 unspecified atom stereocenters. The molecule has 3 atom stereocenters. The van der Waals surface area contributed by atoms with Crippen LogP contribution in [0.1, 0.15) is 50.3 Å². The molecule has 3 heterocycles. The van der Waals surface area contributed by atoms with Crippen molar-refractivity contribution < 1.29 is 19.0 Å². The zero-order valence-corrected chi connectivity index (χ0v) is 21.9. The Balaban J connectivity index is 1.63. The molecule has 2 aromatic heterocycles. The molecule has 39 heavy (non-hydrogen) atoms. The fraction of sp³-hybridized carbons (Fsp3) is 0.258. The number of cyclic esters (lactones) is 1. The van der Waals surface area contributed by atoms with E-state index in [9.17, 15) is 14.3 Å². The molecule has 0 aliphatic carbocycles. The minimum Gasteiger partial charge on any atom is -0.458 e. The minimum atomic E-state index is -0.735. The number of benzene rings is 2.